The molecule has 1 unspecified atom stereocenters. The SMILES string of the molecule is Cc1nc(NC(C)c2cc(N)cc(C(F)(F)F)c2)c2cc(Br)c3c(c2n1)CCC3. The molecule has 1 aliphatic carbocycles. The molecule has 3 aromatic rings. The summed E-state index contributed by atoms with van der Waals surface area (Å²) >= 11 is 3.65. The zero-order valence-electron chi connectivity index (χ0n) is 16.0. The summed E-state index contributed by atoms with van der Waals surface area (Å²) in [7, 11) is 0. The van der Waals surface area contributed by atoms with Gasteiger partial charge in [0.1, 0.15) is 11.6 Å². The van der Waals surface area contributed by atoms with Gasteiger partial charge in [-0.1, -0.05) is 15.9 Å². The minimum atomic E-state index is -4.45. The van der Waals surface area contributed by atoms with E-state index in [2.05, 4.69) is 31.2 Å². The Kier molecular flexibility index (Phi) is 4.93. The lowest BCUT2D eigenvalue weighted by Gasteiger charge is -2.20. The van der Waals surface area contributed by atoms with E-state index in [1.165, 1.54) is 11.1 Å². The number of benzene rings is 2. The van der Waals surface area contributed by atoms with Gasteiger partial charge < -0.3 is 11.1 Å². The number of hydrogen-bond donors (Lipinski definition) is 2. The fourth-order valence-corrected chi connectivity index (χ4v) is 4.59. The largest absolute Gasteiger partial charge is 0.416 e. The van der Waals surface area contributed by atoms with Crippen LogP contribution >= 0.6 is 15.9 Å². The maximum atomic E-state index is 13.2. The molecule has 1 aromatic heterocycles. The predicted molar refractivity (Wildman–Crippen MR) is 112 cm³/mol. The average molecular weight is 465 g/mol. The number of anilines is 2. The van der Waals surface area contributed by atoms with Crippen LogP contribution in [0.4, 0.5) is 24.7 Å². The molecule has 0 radical (unpaired) electrons. The van der Waals surface area contributed by atoms with Gasteiger partial charge >= 0.3 is 6.18 Å². The summed E-state index contributed by atoms with van der Waals surface area (Å²) in [5.41, 5.74) is 8.90. The second kappa shape index (κ2) is 7.16. The van der Waals surface area contributed by atoms with Gasteiger partial charge in [-0.2, -0.15) is 13.2 Å². The van der Waals surface area contributed by atoms with Crippen molar-refractivity contribution in [2.75, 3.05) is 11.1 Å². The van der Waals surface area contributed by atoms with Crippen molar-refractivity contribution in [1.29, 1.82) is 0 Å². The Morgan fingerprint density at radius 2 is 1.83 bits per heavy atom. The van der Waals surface area contributed by atoms with Crippen LogP contribution < -0.4 is 11.1 Å². The zero-order chi connectivity index (χ0) is 20.9. The van der Waals surface area contributed by atoms with Gasteiger partial charge in [0.2, 0.25) is 0 Å². The number of fused-ring (bicyclic) bond motifs is 3. The minimum Gasteiger partial charge on any atom is -0.399 e. The summed E-state index contributed by atoms with van der Waals surface area (Å²) in [5.74, 6) is 1.22. The fourth-order valence-electron chi connectivity index (χ4n) is 3.92. The third-order valence-corrected chi connectivity index (χ3v) is 5.99. The summed E-state index contributed by atoms with van der Waals surface area (Å²) in [6.07, 6.45) is -1.40. The second-order valence-corrected chi connectivity index (χ2v) is 8.29. The van der Waals surface area contributed by atoms with Crippen LogP contribution in [0.3, 0.4) is 0 Å². The Balaban J connectivity index is 1.77. The summed E-state index contributed by atoms with van der Waals surface area (Å²) < 4.78 is 40.5. The molecule has 0 aliphatic heterocycles. The molecule has 1 atom stereocenters. The monoisotopic (exact) mass is 464 g/mol. The van der Waals surface area contributed by atoms with Crippen LogP contribution in [-0.4, -0.2) is 9.97 Å². The number of halogens is 4. The Morgan fingerprint density at radius 3 is 2.55 bits per heavy atom. The Labute approximate surface area is 174 Å². The highest BCUT2D eigenvalue weighted by atomic mass is 79.9. The molecule has 4 nitrogen and oxygen atoms in total. The molecule has 1 aliphatic rings. The van der Waals surface area contributed by atoms with Crippen molar-refractivity contribution >= 4 is 38.3 Å². The van der Waals surface area contributed by atoms with Crippen LogP contribution in [0.5, 0.6) is 0 Å². The van der Waals surface area contributed by atoms with Gasteiger partial charge in [-0.3, -0.25) is 0 Å². The molecule has 3 N–H and O–H groups in total. The average Bonchev–Trinajstić information content (AvgIpc) is 3.12. The molecule has 0 saturated heterocycles. The first-order valence-electron chi connectivity index (χ1n) is 9.36. The molecule has 0 saturated carbocycles. The number of nitrogens with zero attached hydrogens (tertiary/aromatic N) is 2. The van der Waals surface area contributed by atoms with Crippen molar-refractivity contribution < 1.29 is 13.2 Å². The van der Waals surface area contributed by atoms with Gasteiger partial charge in [0.15, 0.2) is 0 Å². The van der Waals surface area contributed by atoms with E-state index in [9.17, 15) is 13.2 Å². The minimum absolute atomic E-state index is 0.0766. The molecule has 4 rings (SSSR count). The molecular formula is C21H20BrF3N4. The van der Waals surface area contributed by atoms with E-state index in [-0.39, 0.29) is 5.69 Å². The highest BCUT2D eigenvalue weighted by Crippen LogP contribution is 2.38. The maximum Gasteiger partial charge on any atom is 0.416 e. The summed E-state index contributed by atoms with van der Waals surface area (Å²) in [5, 5.41) is 4.13. The molecule has 2 aromatic carbocycles. The number of nitrogens with two attached hydrogens (primary N) is 1. The number of aromatic nitrogens is 2. The zero-order valence-corrected chi connectivity index (χ0v) is 17.6. The van der Waals surface area contributed by atoms with Crippen molar-refractivity contribution in [3.8, 4) is 0 Å². The van der Waals surface area contributed by atoms with Gasteiger partial charge in [0.25, 0.3) is 0 Å². The topological polar surface area (TPSA) is 63.8 Å². The number of rotatable bonds is 3. The van der Waals surface area contributed by atoms with Crippen LogP contribution in [0, 0.1) is 6.92 Å². The smallest absolute Gasteiger partial charge is 0.399 e. The number of hydrogen-bond acceptors (Lipinski definition) is 4. The molecule has 0 bridgehead atoms. The first kappa shape index (κ1) is 19.9. The predicted octanol–water partition coefficient (Wildman–Crippen LogP) is 5.96. The second-order valence-electron chi connectivity index (χ2n) is 7.44. The lowest BCUT2D eigenvalue weighted by atomic mass is 10.0. The van der Waals surface area contributed by atoms with Crippen molar-refractivity contribution in [2.24, 2.45) is 0 Å². The van der Waals surface area contributed by atoms with Crippen LogP contribution in [0.15, 0.2) is 28.7 Å². The van der Waals surface area contributed by atoms with Crippen molar-refractivity contribution in [2.45, 2.75) is 45.3 Å². The third-order valence-electron chi connectivity index (χ3n) is 5.28. The molecular weight excluding hydrogens is 445 g/mol. The van der Waals surface area contributed by atoms with Gasteiger partial charge in [-0.05, 0) is 74.1 Å². The Bertz CT molecular complexity index is 1110. The van der Waals surface area contributed by atoms with E-state index in [1.807, 2.05) is 13.0 Å². The lowest BCUT2D eigenvalue weighted by molar-refractivity contribution is -0.137. The third kappa shape index (κ3) is 3.77. The Hall–Kier alpha value is -2.35. The number of nitrogen functional groups attached to an aromatic ring is 1. The summed E-state index contributed by atoms with van der Waals surface area (Å²) in [4.78, 5) is 9.18. The highest BCUT2D eigenvalue weighted by molar-refractivity contribution is 9.10. The molecule has 0 amide bonds. The van der Waals surface area contributed by atoms with E-state index in [4.69, 9.17) is 5.73 Å². The maximum absolute atomic E-state index is 13.2. The number of nitrogens with one attached hydrogen (secondary N) is 1. The number of aryl methyl sites for hydroxylation is 2. The van der Waals surface area contributed by atoms with Gasteiger partial charge in [-0.15, -0.1) is 0 Å². The van der Waals surface area contributed by atoms with E-state index >= 15 is 0 Å². The van der Waals surface area contributed by atoms with Crippen molar-refractivity contribution in [3.05, 3.63) is 56.8 Å². The summed E-state index contributed by atoms with van der Waals surface area (Å²) in [6.45, 7) is 3.61. The van der Waals surface area contributed by atoms with E-state index in [0.29, 0.717) is 17.2 Å². The van der Waals surface area contributed by atoms with Gasteiger partial charge in [0.05, 0.1) is 17.1 Å². The van der Waals surface area contributed by atoms with Crippen LogP contribution in [-0.2, 0) is 19.0 Å². The normalized spacial score (nSPS) is 14.8. The van der Waals surface area contributed by atoms with Crippen molar-refractivity contribution in [1.82, 2.24) is 9.97 Å². The van der Waals surface area contributed by atoms with Gasteiger partial charge in [0, 0.05) is 15.5 Å². The molecule has 8 heteroatoms. The molecule has 152 valence electrons. The fraction of sp³-hybridized carbons (Fsp3) is 0.333. The Morgan fingerprint density at radius 1 is 1.10 bits per heavy atom. The van der Waals surface area contributed by atoms with Crippen LogP contribution in [0.1, 0.15) is 47.5 Å². The molecule has 29 heavy (non-hydrogen) atoms. The summed E-state index contributed by atoms with van der Waals surface area (Å²) in [6, 6.07) is 5.19. The molecule has 0 fully saturated rings. The van der Waals surface area contributed by atoms with Gasteiger partial charge in [-0.25, -0.2) is 9.97 Å². The number of alkyl halides is 3. The van der Waals surface area contributed by atoms with E-state index in [1.54, 1.807) is 13.0 Å². The first-order valence-corrected chi connectivity index (χ1v) is 10.2. The lowest BCUT2D eigenvalue weighted by Crippen LogP contribution is -2.13. The molecule has 0 spiro atoms. The first-order chi connectivity index (χ1) is 13.6. The highest BCUT2D eigenvalue weighted by Gasteiger charge is 2.31. The standard InChI is InChI=1S/C21H20BrF3N4/c1-10(12-6-13(21(23,24)25)8-14(26)7-12)27-20-17-9-18(22)15-4-3-5-16(15)19(17)28-11(2)29-20/h6-10H,3-5,26H2,1-2H3,(H,27,28,29). The van der Waals surface area contributed by atoms with Crippen LogP contribution in [0.2, 0.25) is 0 Å². The quantitative estimate of drug-likeness (QED) is 0.469. The molecule has 1 heterocycles. The van der Waals surface area contributed by atoms with E-state index in [0.717, 1.165) is 46.8 Å². The van der Waals surface area contributed by atoms with Crippen LogP contribution in [0.25, 0.3) is 10.9 Å². The van der Waals surface area contributed by atoms with Crippen molar-refractivity contribution in [3.63, 3.8) is 0 Å². The van der Waals surface area contributed by atoms with E-state index < -0.39 is 17.8 Å².